The number of hydrogen-bond acceptors (Lipinski definition) is 10. The molecule has 0 aliphatic carbocycles. The highest BCUT2D eigenvalue weighted by Crippen LogP contribution is 2.36. The Morgan fingerprint density at radius 1 is 0.887 bits per heavy atom. The van der Waals surface area contributed by atoms with Crippen molar-refractivity contribution in [3.63, 3.8) is 0 Å². The second-order valence-corrected chi connectivity index (χ2v) is 15.9. The monoisotopic (exact) mass is 841 g/mol. The Morgan fingerprint density at radius 2 is 1.73 bits per heavy atom. The molecule has 6 heterocycles. The van der Waals surface area contributed by atoms with E-state index < -0.39 is 23.8 Å². The van der Waals surface area contributed by atoms with Gasteiger partial charge in [-0.05, 0) is 60.0 Å². The van der Waals surface area contributed by atoms with E-state index in [9.17, 15) is 9.18 Å². The van der Waals surface area contributed by atoms with Gasteiger partial charge in [-0.25, -0.2) is 28.2 Å². The molecule has 4 bridgehead atoms. The van der Waals surface area contributed by atoms with Gasteiger partial charge < -0.3 is 24.0 Å². The molecular weight excluding hydrogens is 797 g/mol. The zero-order chi connectivity index (χ0) is 42.3. The highest BCUT2D eigenvalue weighted by Gasteiger charge is 2.42. The lowest BCUT2D eigenvalue weighted by molar-refractivity contribution is -0.133. The molecule has 318 valence electrons. The van der Waals surface area contributed by atoms with Crippen molar-refractivity contribution in [2.75, 3.05) is 64.5 Å². The first-order valence-electron chi connectivity index (χ1n) is 20.9. The van der Waals surface area contributed by atoms with E-state index in [0.717, 1.165) is 52.6 Å². The van der Waals surface area contributed by atoms with Crippen molar-refractivity contribution in [1.82, 2.24) is 38.7 Å². The quantitative estimate of drug-likeness (QED) is 0.193. The third kappa shape index (κ3) is 7.42. The van der Waals surface area contributed by atoms with Crippen molar-refractivity contribution in [2.45, 2.75) is 38.1 Å². The molecule has 3 aliphatic heterocycles. The molecule has 16 heteroatoms. The number of carbonyl (C=O) groups is 1. The van der Waals surface area contributed by atoms with Gasteiger partial charge in [-0.3, -0.25) is 18.8 Å². The summed E-state index contributed by atoms with van der Waals surface area (Å²) in [6.07, 6.45) is 3.39. The van der Waals surface area contributed by atoms with Crippen LogP contribution in [0.15, 0.2) is 102 Å². The molecule has 62 heavy (non-hydrogen) atoms. The number of morpholine rings is 1. The number of fused-ring (bicyclic) bond motifs is 6. The molecule has 3 aliphatic rings. The van der Waals surface area contributed by atoms with E-state index in [4.69, 9.17) is 19.2 Å². The standard InChI is InChI=1S/C46H45F2N9O5/c1-60-33-12-9-30(10-13-33)27-56-40-8-3-7-36-31-5-2-6-34(23-31)62-35-25-41(45(58)53(18-17-52-19-21-61-22-20-52)15-4-16-54(42(36)40)46(56)59)55(28-35)43-37-26-51-57(44(37)50-29-49-43)39-14-11-32(47)24-38(39)48/h2-3,5-14,23-24,26,29,35,41H,4,15-22,25,27-28H2,1H3/t35-,41-/m0/s1. The number of carbonyl (C=O) groups excluding carboxylic acids is 1. The zero-order valence-corrected chi connectivity index (χ0v) is 34.2. The van der Waals surface area contributed by atoms with Crippen LogP contribution in [0.5, 0.6) is 11.5 Å². The normalized spacial score (nSPS) is 18.5. The number of hydrogen-bond donors (Lipinski definition) is 0. The lowest BCUT2D eigenvalue weighted by Gasteiger charge is -2.33. The van der Waals surface area contributed by atoms with Crippen LogP contribution < -0.4 is 20.1 Å². The molecular formula is C46H45F2N9O5. The first-order chi connectivity index (χ1) is 30.3. The maximum Gasteiger partial charge on any atom is 0.329 e. The van der Waals surface area contributed by atoms with Crippen molar-refractivity contribution in [3.8, 4) is 28.3 Å². The number of amides is 1. The number of methoxy groups -OCH3 is 1. The number of halogens is 2. The molecule has 0 unspecified atom stereocenters. The topological polar surface area (TPSA) is 125 Å². The van der Waals surface area contributed by atoms with Gasteiger partial charge in [0.25, 0.3) is 0 Å². The van der Waals surface area contributed by atoms with Crippen LogP contribution >= 0.6 is 0 Å². The number of ether oxygens (including phenoxy) is 3. The number of nitrogens with zero attached hydrogens (tertiary/aromatic N) is 9. The maximum absolute atomic E-state index is 15.2. The van der Waals surface area contributed by atoms with E-state index in [0.29, 0.717) is 87.9 Å². The van der Waals surface area contributed by atoms with Crippen molar-refractivity contribution >= 4 is 33.8 Å². The molecule has 14 nitrogen and oxygen atoms in total. The Kier molecular flexibility index (Phi) is 10.6. The first-order valence-corrected chi connectivity index (χ1v) is 20.9. The first kappa shape index (κ1) is 39.5. The molecule has 1 amide bonds. The molecule has 3 aromatic heterocycles. The highest BCUT2D eigenvalue weighted by atomic mass is 19.1. The van der Waals surface area contributed by atoms with Gasteiger partial charge in [-0.2, -0.15) is 5.10 Å². The molecule has 0 saturated carbocycles. The van der Waals surface area contributed by atoms with Gasteiger partial charge in [-0.1, -0.05) is 36.4 Å². The van der Waals surface area contributed by atoms with Crippen molar-refractivity contribution in [3.05, 3.63) is 125 Å². The van der Waals surface area contributed by atoms with Gasteiger partial charge >= 0.3 is 5.69 Å². The fourth-order valence-electron chi connectivity index (χ4n) is 9.10. The molecule has 2 fully saturated rings. The minimum absolute atomic E-state index is 0.0333. The van der Waals surface area contributed by atoms with Gasteiger partial charge in [0.1, 0.15) is 47.3 Å². The summed E-state index contributed by atoms with van der Waals surface area (Å²) in [5, 5.41) is 4.95. The molecule has 0 N–H and O–H groups in total. The van der Waals surface area contributed by atoms with Crippen LogP contribution in [0.2, 0.25) is 0 Å². The highest BCUT2D eigenvalue weighted by molar-refractivity contribution is 5.94. The fourth-order valence-corrected chi connectivity index (χ4v) is 9.10. The predicted octanol–water partition coefficient (Wildman–Crippen LogP) is 5.52. The van der Waals surface area contributed by atoms with E-state index in [1.54, 1.807) is 13.3 Å². The van der Waals surface area contributed by atoms with E-state index in [2.05, 4.69) is 15.0 Å². The summed E-state index contributed by atoms with van der Waals surface area (Å²) in [4.78, 5) is 45.1. The van der Waals surface area contributed by atoms with Crippen LogP contribution in [0, 0.1) is 11.6 Å². The zero-order valence-electron chi connectivity index (χ0n) is 34.2. The second-order valence-electron chi connectivity index (χ2n) is 15.9. The van der Waals surface area contributed by atoms with Crippen LogP contribution in [0.1, 0.15) is 18.4 Å². The number of aryl methyl sites for hydroxylation is 1. The minimum atomic E-state index is -0.788. The number of anilines is 1. The molecule has 0 radical (unpaired) electrons. The Bertz CT molecular complexity index is 2840. The summed E-state index contributed by atoms with van der Waals surface area (Å²) in [7, 11) is 1.63. The lowest BCUT2D eigenvalue weighted by Crippen LogP contribution is -2.49. The SMILES string of the molecule is COc1ccc(Cn2c(=O)n3c4c(cccc42)-c2cccc(c2)O[C@H]2C[C@@H](C(=O)N(CCN4CCOCC4)CCC3)N(c3ncnc4c3cnn4-c3ccc(F)cc3F)C2)cc1. The minimum Gasteiger partial charge on any atom is -0.497 e. The van der Waals surface area contributed by atoms with Crippen molar-refractivity contribution in [1.29, 1.82) is 0 Å². The van der Waals surface area contributed by atoms with Gasteiger partial charge in [0.15, 0.2) is 11.5 Å². The average molecular weight is 842 g/mol. The number of rotatable bonds is 8. The third-order valence-electron chi connectivity index (χ3n) is 12.2. The summed E-state index contributed by atoms with van der Waals surface area (Å²) in [6.45, 7) is 5.41. The Hall–Kier alpha value is -6.65. The summed E-state index contributed by atoms with van der Waals surface area (Å²) >= 11 is 0. The van der Waals surface area contributed by atoms with Crippen LogP contribution in [0.4, 0.5) is 14.6 Å². The Morgan fingerprint density at radius 3 is 2.55 bits per heavy atom. The Labute approximate surface area is 355 Å². The van der Waals surface area contributed by atoms with E-state index in [1.807, 2.05) is 85.7 Å². The third-order valence-corrected chi connectivity index (χ3v) is 12.2. The molecule has 2 saturated heterocycles. The Balaban J connectivity index is 1.05. The molecule has 7 aromatic rings. The molecule has 2 atom stereocenters. The summed E-state index contributed by atoms with van der Waals surface area (Å²) in [6, 6.07) is 24.2. The van der Waals surface area contributed by atoms with Gasteiger partial charge in [-0.15, -0.1) is 0 Å². The van der Waals surface area contributed by atoms with Crippen LogP contribution in [0.3, 0.4) is 0 Å². The number of imidazole rings is 1. The predicted molar refractivity (Wildman–Crippen MR) is 229 cm³/mol. The van der Waals surface area contributed by atoms with E-state index in [-0.39, 0.29) is 17.3 Å². The molecule has 10 rings (SSSR count). The smallest absolute Gasteiger partial charge is 0.329 e. The summed E-state index contributed by atoms with van der Waals surface area (Å²) in [5.41, 5.74) is 4.61. The average Bonchev–Trinajstić information content (AvgIpc) is 3.99. The van der Waals surface area contributed by atoms with Crippen molar-refractivity contribution < 1.29 is 27.8 Å². The molecule has 0 spiro atoms. The number of benzene rings is 4. The van der Waals surface area contributed by atoms with E-state index in [1.165, 1.54) is 23.1 Å². The number of para-hydroxylation sites is 1. The number of aromatic nitrogens is 6. The van der Waals surface area contributed by atoms with Crippen molar-refractivity contribution in [2.24, 2.45) is 0 Å². The van der Waals surface area contributed by atoms with E-state index >= 15 is 9.18 Å². The summed E-state index contributed by atoms with van der Waals surface area (Å²) < 4.78 is 51.7. The lowest BCUT2D eigenvalue weighted by atomic mass is 10.0. The van der Waals surface area contributed by atoms with Gasteiger partial charge in [0.05, 0.1) is 56.0 Å². The van der Waals surface area contributed by atoms with Crippen LogP contribution in [-0.2, 0) is 22.6 Å². The molecule has 4 aromatic carbocycles. The fraction of sp³-hybridized carbons (Fsp3) is 0.326. The van der Waals surface area contributed by atoms with Crippen LogP contribution in [-0.4, -0.2) is 116 Å². The maximum atomic E-state index is 15.2. The van der Waals surface area contributed by atoms with Gasteiger partial charge in [0.2, 0.25) is 5.91 Å². The second kappa shape index (κ2) is 16.7. The van der Waals surface area contributed by atoms with Gasteiger partial charge in [0, 0.05) is 57.3 Å². The summed E-state index contributed by atoms with van der Waals surface area (Å²) in [5.74, 6) is 0.235. The largest absolute Gasteiger partial charge is 0.497 e. The van der Waals surface area contributed by atoms with Crippen LogP contribution in [0.25, 0.3) is 38.9 Å².